The second-order valence-electron chi connectivity index (χ2n) is 5.82. The van der Waals surface area contributed by atoms with Gasteiger partial charge in [-0.3, -0.25) is 9.52 Å². The largest absolute Gasteiger partial charge is 0.322 e. The van der Waals surface area contributed by atoms with Crippen LogP contribution in [0, 0.1) is 6.92 Å². The van der Waals surface area contributed by atoms with Crippen LogP contribution in [0.25, 0.3) is 0 Å². The van der Waals surface area contributed by atoms with Gasteiger partial charge in [0.2, 0.25) is 0 Å². The third kappa shape index (κ3) is 4.29. The molecule has 0 aromatic heterocycles. The fourth-order valence-electron chi connectivity index (χ4n) is 2.34. The number of aryl methyl sites for hydroxylation is 1. The van der Waals surface area contributed by atoms with Gasteiger partial charge in [-0.1, -0.05) is 35.9 Å². The molecule has 0 saturated carbocycles. The molecular formula is C20H18N2O3S. The molecule has 0 radical (unpaired) electrons. The van der Waals surface area contributed by atoms with Crippen LogP contribution < -0.4 is 10.0 Å². The summed E-state index contributed by atoms with van der Waals surface area (Å²) < 4.78 is 27.1. The molecule has 0 saturated heterocycles. The fraction of sp³-hybridized carbons (Fsp3) is 0.0500. The summed E-state index contributed by atoms with van der Waals surface area (Å²) in [6.45, 7) is 1.97. The minimum atomic E-state index is -3.65. The molecule has 0 heterocycles. The molecule has 0 atom stereocenters. The first-order valence-corrected chi connectivity index (χ1v) is 9.48. The number of anilines is 2. The Kier molecular flexibility index (Phi) is 5.04. The maximum absolute atomic E-state index is 12.3. The third-order valence-electron chi connectivity index (χ3n) is 3.76. The van der Waals surface area contributed by atoms with Crippen LogP contribution in [0.5, 0.6) is 0 Å². The highest BCUT2D eigenvalue weighted by Crippen LogP contribution is 2.17. The molecule has 2 N–H and O–H groups in total. The lowest BCUT2D eigenvalue weighted by atomic mass is 10.2. The lowest BCUT2D eigenvalue weighted by Crippen LogP contribution is -2.14. The highest BCUT2D eigenvalue weighted by Gasteiger charge is 2.14. The van der Waals surface area contributed by atoms with E-state index in [1.807, 2.05) is 31.2 Å². The summed E-state index contributed by atoms with van der Waals surface area (Å²) in [5.74, 6) is -0.258. The number of benzene rings is 3. The summed E-state index contributed by atoms with van der Waals surface area (Å²) in [4.78, 5) is 12.4. The van der Waals surface area contributed by atoms with Gasteiger partial charge in [0.05, 0.1) is 4.90 Å². The fourth-order valence-corrected chi connectivity index (χ4v) is 3.42. The molecule has 5 nitrogen and oxygen atoms in total. The lowest BCUT2D eigenvalue weighted by Gasteiger charge is -2.09. The van der Waals surface area contributed by atoms with Crippen molar-refractivity contribution in [2.75, 3.05) is 10.0 Å². The van der Waals surface area contributed by atoms with Gasteiger partial charge in [-0.05, 0) is 55.5 Å². The molecule has 0 unspecified atom stereocenters. The van der Waals surface area contributed by atoms with Crippen molar-refractivity contribution in [1.29, 1.82) is 0 Å². The Morgan fingerprint density at radius 1 is 0.769 bits per heavy atom. The predicted molar refractivity (Wildman–Crippen MR) is 103 cm³/mol. The van der Waals surface area contributed by atoms with Gasteiger partial charge in [0.15, 0.2) is 0 Å². The Morgan fingerprint density at radius 2 is 1.35 bits per heavy atom. The topological polar surface area (TPSA) is 75.3 Å². The van der Waals surface area contributed by atoms with Gasteiger partial charge >= 0.3 is 0 Å². The highest BCUT2D eigenvalue weighted by atomic mass is 32.2. The van der Waals surface area contributed by atoms with E-state index in [0.29, 0.717) is 16.9 Å². The molecule has 0 bridgehead atoms. The van der Waals surface area contributed by atoms with Gasteiger partial charge in [-0.25, -0.2) is 8.42 Å². The van der Waals surface area contributed by atoms with Crippen molar-refractivity contribution in [3.8, 4) is 0 Å². The second-order valence-corrected chi connectivity index (χ2v) is 7.50. The van der Waals surface area contributed by atoms with E-state index in [2.05, 4.69) is 10.0 Å². The summed E-state index contributed by atoms with van der Waals surface area (Å²) in [6, 6.07) is 21.9. The number of carbonyl (C=O) groups excluding carboxylic acids is 1. The molecule has 0 spiro atoms. The Labute approximate surface area is 152 Å². The minimum absolute atomic E-state index is 0.182. The van der Waals surface area contributed by atoms with Crippen molar-refractivity contribution < 1.29 is 13.2 Å². The molecule has 0 aliphatic heterocycles. The number of hydrogen-bond acceptors (Lipinski definition) is 3. The van der Waals surface area contributed by atoms with Crippen molar-refractivity contribution >= 4 is 27.3 Å². The Bertz CT molecular complexity index is 997. The molecule has 132 valence electrons. The Morgan fingerprint density at radius 3 is 1.96 bits per heavy atom. The van der Waals surface area contributed by atoms with Crippen LogP contribution in [-0.4, -0.2) is 14.3 Å². The normalized spacial score (nSPS) is 11.0. The molecule has 3 aromatic rings. The van der Waals surface area contributed by atoms with Crippen LogP contribution in [0.1, 0.15) is 15.9 Å². The third-order valence-corrected chi connectivity index (χ3v) is 5.16. The Balaban J connectivity index is 1.70. The van der Waals surface area contributed by atoms with Crippen LogP contribution >= 0.6 is 0 Å². The molecule has 1 amide bonds. The number of rotatable bonds is 5. The zero-order valence-electron chi connectivity index (χ0n) is 14.1. The summed E-state index contributed by atoms with van der Waals surface area (Å²) in [5, 5.41) is 2.80. The number of carbonyl (C=O) groups is 1. The molecule has 26 heavy (non-hydrogen) atoms. The minimum Gasteiger partial charge on any atom is -0.322 e. The van der Waals surface area contributed by atoms with Gasteiger partial charge in [0.1, 0.15) is 0 Å². The Hall–Kier alpha value is -3.12. The molecule has 0 aliphatic carbocycles. The number of amides is 1. The maximum Gasteiger partial charge on any atom is 0.261 e. The quantitative estimate of drug-likeness (QED) is 0.715. The monoisotopic (exact) mass is 366 g/mol. The van der Waals surface area contributed by atoms with Gasteiger partial charge in [-0.15, -0.1) is 0 Å². The van der Waals surface area contributed by atoms with Gasteiger partial charge in [0.25, 0.3) is 15.9 Å². The van der Waals surface area contributed by atoms with E-state index in [1.165, 1.54) is 12.1 Å². The van der Waals surface area contributed by atoms with Gasteiger partial charge in [0, 0.05) is 16.9 Å². The van der Waals surface area contributed by atoms with Crippen LogP contribution in [0.2, 0.25) is 0 Å². The first kappa shape index (κ1) is 17.7. The van der Waals surface area contributed by atoms with E-state index >= 15 is 0 Å². The first-order chi connectivity index (χ1) is 12.4. The number of nitrogens with one attached hydrogen (secondary N) is 2. The SMILES string of the molecule is Cc1ccc(NC(=O)c2ccc(NS(=O)(=O)c3ccccc3)cc2)cc1. The summed E-state index contributed by atoms with van der Waals surface area (Å²) in [5.41, 5.74) is 2.64. The second kappa shape index (κ2) is 7.41. The summed E-state index contributed by atoms with van der Waals surface area (Å²) in [7, 11) is -3.65. The lowest BCUT2D eigenvalue weighted by molar-refractivity contribution is 0.102. The predicted octanol–water partition coefficient (Wildman–Crippen LogP) is 4.05. The summed E-state index contributed by atoms with van der Waals surface area (Å²) in [6.07, 6.45) is 0. The van der Waals surface area contributed by atoms with E-state index in [0.717, 1.165) is 5.56 Å². The summed E-state index contributed by atoms with van der Waals surface area (Å²) >= 11 is 0. The van der Waals surface area contributed by atoms with E-state index in [-0.39, 0.29) is 10.8 Å². The van der Waals surface area contributed by atoms with Crippen LogP contribution in [-0.2, 0) is 10.0 Å². The van der Waals surface area contributed by atoms with Gasteiger partial charge < -0.3 is 5.32 Å². The van der Waals surface area contributed by atoms with Crippen LogP contribution in [0.15, 0.2) is 83.8 Å². The van der Waals surface area contributed by atoms with E-state index in [4.69, 9.17) is 0 Å². The molecular weight excluding hydrogens is 348 g/mol. The average molecular weight is 366 g/mol. The van der Waals surface area contributed by atoms with Crippen molar-refractivity contribution in [2.45, 2.75) is 11.8 Å². The molecule has 0 aliphatic rings. The highest BCUT2D eigenvalue weighted by molar-refractivity contribution is 7.92. The van der Waals surface area contributed by atoms with E-state index in [1.54, 1.807) is 42.5 Å². The van der Waals surface area contributed by atoms with Crippen molar-refractivity contribution in [1.82, 2.24) is 0 Å². The van der Waals surface area contributed by atoms with Crippen LogP contribution in [0.3, 0.4) is 0 Å². The van der Waals surface area contributed by atoms with E-state index in [9.17, 15) is 13.2 Å². The number of sulfonamides is 1. The van der Waals surface area contributed by atoms with Crippen molar-refractivity contribution in [3.63, 3.8) is 0 Å². The van der Waals surface area contributed by atoms with Crippen molar-refractivity contribution in [2.24, 2.45) is 0 Å². The van der Waals surface area contributed by atoms with E-state index < -0.39 is 10.0 Å². The molecule has 0 fully saturated rings. The average Bonchev–Trinajstić information content (AvgIpc) is 2.64. The van der Waals surface area contributed by atoms with Crippen molar-refractivity contribution in [3.05, 3.63) is 90.0 Å². The smallest absolute Gasteiger partial charge is 0.261 e. The first-order valence-electron chi connectivity index (χ1n) is 8.00. The molecule has 3 rings (SSSR count). The van der Waals surface area contributed by atoms with Gasteiger partial charge in [-0.2, -0.15) is 0 Å². The maximum atomic E-state index is 12.3. The molecule has 3 aromatic carbocycles. The number of hydrogen-bond donors (Lipinski definition) is 2. The molecule has 6 heteroatoms. The zero-order valence-corrected chi connectivity index (χ0v) is 15.0. The zero-order chi connectivity index (χ0) is 18.6. The van der Waals surface area contributed by atoms with Crippen LogP contribution in [0.4, 0.5) is 11.4 Å². The standard InChI is InChI=1S/C20H18N2O3S/c1-15-7-11-17(12-8-15)21-20(23)16-9-13-18(14-10-16)22-26(24,25)19-5-3-2-4-6-19/h2-14,22H,1H3,(H,21,23).